The molecule has 7 heteroatoms. The van der Waals surface area contributed by atoms with Crippen LogP contribution in [0.15, 0.2) is 71.6 Å². The lowest BCUT2D eigenvalue weighted by molar-refractivity contribution is -0.115. The van der Waals surface area contributed by atoms with Crippen LogP contribution in [0.4, 0.5) is 5.69 Å². The average Bonchev–Trinajstić information content (AvgIpc) is 2.76. The first-order valence-electron chi connectivity index (χ1n) is 9.68. The fourth-order valence-electron chi connectivity index (χ4n) is 3.55. The van der Waals surface area contributed by atoms with Crippen LogP contribution in [0.1, 0.15) is 43.8 Å². The van der Waals surface area contributed by atoms with Gasteiger partial charge in [-0.15, -0.1) is 0 Å². The van der Waals surface area contributed by atoms with Crippen molar-refractivity contribution in [2.45, 2.75) is 18.2 Å². The Bertz CT molecular complexity index is 1320. The first-order valence-corrected chi connectivity index (χ1v) is 11.3. The van der Waals surface area contributed by atoms with E-state index < -0.39 is 15.7 Å². The average molecular weight is 433 g/mol. The van der Waals surface area contributed by atoms with Crippen molar-refractivity contribution >= 4 is 33.0 Å². The van der Waals surface area contributed by atoms with Gasteiger partial charge in [0.15, 0.2) is 21.4 Å². The number of hydrogen-bond donors (Lipinski definition) is 1. The van der Waals surface area contributed by atoms with E-state index >= 15 is 0 Å². The lowest BCUT2D eigenvalue weighted by atomic mass is 9.83. The number of aryl methyl sites for hydroxylation is 1. The highest BCUT2D eigenvalue weighted by Gasteiger charge is 2.31. The molecule has 1 aliphatic rings. The number of ketones is 2. The van der Waals surface area contributed by atoms with Crippen LogP contribution in [0.25, 0.3) is 0 Å². The van der Waals surface area contributed by atoms with E-state index in [1.807, 2.05) is 6.92 Å². The van der Waals surface area contributed by atoms with Gasteiger partial charge in [0.1, 0.15) is 0 Å². The van der Waals surface area contributed by atoms with Crippen LogP contribution < -0.4 is 5.32 Å². The van der Waals surface area contributed by atoms with Gasteiger partial charge in [0.2, 0.25) is 5.91 Å². The summed E-state index contributed by atoms with van der Waals surface area (Å²) in [7, 11) is -3.62. The molecule has 0 fully saturated rings. The molecule has 31 heavy (non-hydrogen) atoms. The maximum Gasteiger partial charge on any atom is 0.225 e. The van der Waals surface area contributed by atoms with Gasteiger partial charge in [-0.3, -0.25) is 14.4 Å². The standard InChI is InChI=1S/C24H19NO5S/c1-15-9-11-16(12-10-15)31(29,30)14-13-21(26)25-20-8-4-7-19-22(20)24(28)18-6-3-2-5-17(18)23(19)27/h2-12H,13-14H2,1H3,(H,25,26). The molecular weight excluding hydrogens is 414 g/mol. The molecule has 6 nitrogen and oxygen atoms in total. The van der Waals surface area contributed by atoms with Gasteiger partial charge >= 0.3 is 0 Å². The van der Waals surface area contributed by atoms with Gasteiger partial charge in [0, 0.05) is 23.1 Å². The second kappa shape index (κ2) is 7.92. The molecule has 4 rings (SSSR count). The second-order valence-corrected chi connectivity index (χ2v) is 9.47. The van der Waals surface area contributed by atoms with Crippen LogP contribution in [0.5, 0.6) is 0 Å². The summed E-state index contributed by atoms with van der Waals surface area (Å²) >= 11 is 0. The van der Waals surface area contributed by atoms with E-state index in [1.54, 1.807) is 48.5 Å². The molecule has 3 aromatic carbocycles. The summed E-state index contributed by atoms with van der Waals surface area (Å²) in [5.41, 5.74) is 2.08. The topological polar surface area (TPSA) is 97.4 Å². The van der Waals surface area contributed by atoms with E-state index in [0.717, 1.165) is 5.56 Å². The Morgan fingerprint density at radius 2 is 1.42 bits per heavy atom. The van der Waals surface area contributed by atoms with Gasteiger partial charge < -0.3 is 5.32 Å². The van der Waals surface area contributed by atoms with Crippen molar-refractivity contribution in [2.75, 3.05) is 11.1 Å². The van der Waals surface area contributed by atoms with Crippen molar-refractivity contribution in [1.29, 1.82) is 0 Å². The Labute approximate surface area is 179 Å². The van der Waals surface area contributed by atoms with Crippen LogP contribution in [0, 0.1) is 6.92 Å². The lowest BCUT2D eigenvalue weighted by Crippen LogP contribution is -2.24. The third-order valence-corrected chi connectivity index (χ3v) is 6.94. The summed E-state index contributed by atoms with van der Waals surface area (Å²) in [5.74, 6) is -1.56. The van der Waals surface area contributed by atoms with E-state index in [0.29, 0.717) is 5.56 Å². The Morgan fingerprint density at radius 3 is 2.10 bits per heavy atom. The number of rotatable bonds is 5. The number of carbonyl (C=O) groups is 3. The second-order valence-electron chi connectivity index (χ2n) is 7.36. The summed E-state index contributed by atoms with van der Waals surface area (Å²) in [6, 6.07) is 17.6. The van der Waals surface area contributed by atoms with Gasteiger partial charge in [-0.25, -0.2) is 8.42 Å². The minimum atomic E-state index is -3.62. The molecule has 0 spiro atoms. The van der Waals surface area contributed by atoms with E-state index in [-0.39, 0.29) is 51.0 Å². The number of benzene rings is 3. The van der Waals surface area contributed by atoms with Crippen molar-refractivity contribution in [1.82, 2.24) is 0 Å². The number of nitrogens with one attached hydrogen (secondary N) is 1. The van der Waals surface area contributed by atoms with Crippen molar-refractivity contribution in [3.05, 3.63) is 94.5 Å². The predicted octanol–water partition coefficient (Wildman–Crippen LogP) is 3.57. The number of hydrogen-bond acceptors (Lipinski definition) is 5. The van der Waals surface area contributed by atoms with Crippen LogP contribution >= 0.6 is 0 Å². The molecular formula is C24H19NO5S. The largest absolute Gasteiger partial charge is 0.325 e. The molecule has 1 N–H and O–H groups in total. The fraction of sp³-hybridized carbons (Fsp3) is 0.125. The first kappa shape index (κ1) is 20.7. The van der Waals surface area contributed by atoms with Crippen molar-refractivity contribution < 1.29 is 22.8 Å². The smallest absolute Gasteiger partial charge is 0.225 e. The van der Waals surface area contributed by atoms with Gasteiger partial charge in [-0.05, 0) is 25.1 Å². The zero-order valence-corrected chi connectivity index (χ0v) is 17.5. The maximum atomic E-state index is 13.0. The minimum Gasteiger partial charge on any atom is -0.325 e. The lowest BCUT2D eigenvalue weighted by Gasteiger charge is -2.20. The summed E-state index contributed by atoms with van der Waals surface area (Å²) < 4.78 is 25.0. The Kier molecular flexibility index (Phi) is 5.29. The molecule has 0 radical (unpaired) electrons. The maximum absolute atomic E-state index is 13.0. The highest BCUT2D eigenvalue weighted by Crippen LogP contribution is 2.32. The predicted molar refractivity (Wildman–Crippen MR) is 116 cm³/mol. The van der Waals surface area contributed by atoms with Gasteiger partial charge in [0.05, 0.1) is 21.9 Å². The molecule has 1 aliphatic carbocycles. The first-order chi connectivity index (χ1) is 14.8. The third-order valence-electron chi connectivity index (χ3n) is 5.20. The zero-order valence-electron chi connectivity index (χ0n) is 16.7. The van der Waals surface area contributed by atoms with Crippen LogP contribution in [0.3, 0.4) is 0 Å². The molecule has 0 heterocycles. The molecule has 0 unspecified atom stereocenters. The molecule has 156 valence electrons. The van der Waals surface area contributed by atoms with Crippen LogP contribution in [0.2, 0.25) is 0 Å². The number of carbonyl (C=O) groups excluding carboxylic acids is 3. The highest BCUT2D eigenvalue weighted by molar-refractivity contribution is 7.91. The third kappa shape index (κ3) is 3.92. The number of sulfone groups is 1. The molecule has 0 atom stereocenters. The summed E-state index contributed by atoms with van der Waals surface area (Å²) in [5, 5.41) is 2.61. The fourth-order valence-corrected chi connectivity index (χ4v) is 4.79. The summed E-state index contributed by atoms with van der Waals surface area (Å²) in [4.78, 5) is 38.4. The molecule has 0 aromatic heterocycles. The van der Waals surface area contributed by atoms with E-state index in [1.165, 1.54) is 18.2 Å². The zero-order chi connectivity index (χ0) is 22.2. The normalized spacial score (nSPS) is 12.8. The van der Waals surface area contributed by atoms with Crippen LogP contribution in [-0.4, -0.2) is 31.6 Å². The van der Waals surface area contributed by atoms with E-state index in [4.69, 9.17) is 0 Å². The Hall–Kier alpha value is -3.58. The molecule has 0 aliphatic heterocycles. The highest BCUT2D eigenvalue weighted by atomic mass is 32.2. The summed E-state index contributed by atoms with van der Waals surface area (Å²) in [6.45, 7) is 1.86. The molecule has 3 aromatic rings. The quantitative estimate of drug-likeness (QED) is 0.519. The van der Waals surface area contributed by atoms with E-state index in [2.05, 4.69) is 5.32 Å². The van der Waals surface area contributed by atoms with Gasteiger partial charge in [-0.1, -0.05) is 54.1 Å². The SMILES string of the molecule is Cc1ccc(S(=O)(=O)CCC(=O)Nc2cccc3c2C(=O)c2ccccc2C3=O)cc1. The van der Waals surface area contributed by atoms with Gasteiger partial charge in [0.25, 0.3) is 0 Å². The van der Waals surface area contributed by atoms with Crippen LogP contribution in [-0.2, 0) is 14.6 Å². The minimum absolute atomic E-state index is 0.126. The molecule has 0 saturated heterocycles. The number of fused-ring (bicyclic) bond motifs is 2. The van der Waals surface area contributed by atoms with E-state index in [9.17, 15) is 22.8 Å². The number of amides is 1. The Balaban J connectivity index is 1.54. The molecule has 0 saturated carbocycles. The van der Waals surface area contributed by atoms with Gasteiger partial charge in [-0.2, -0.15) is 0 Å². The van der Waals surface area contributed by atoms with Crippen molar-refractivity contribution in [2.24, 2.45) is 0 Å². The van der Waals surface area contributed by atoms with Crippen molar-refractivity contribution in [3.63, 3.8) is 0 Å². The summed E-state index contributed by atoms with van der Waals surface area (Å²) in [6.07, 6.45) is -0.279. The monoisotopic (exact) mass is 433 g/mol. The van der Waals surface area contributed by atoms with Crippen molar-refractivity contribution in [3.8, 4) is 0 Å². The number of anilines is 1. The molecule has 0 bridgehead atoms. The Morgan fingerprint density at radius 1 is 0.806 bits per heavy atom. The molecule has 1 amide bonds.